The number of benzene rings is 2. The number of hydrogen-bond donors (Lipinski definition) is 1. The van der Waals surface area contributed by atoms with Crippen molar-refractivity contribution in [2.24, 2.45) is 0 Å². The Morgan fingerprint density at radius 1 is 1.26 bits per heavy atom. The normalized spacial score (nSPS) is 16.6. The van der Waals surface area contributed by atoms with Gasteiger partial charge in [-0.3, -0.25) is 0 Å². The molecule has 0 radical (unpaired) electrons. The molecule has 1 atom stereocenters. The van der Waals surface area contributed by atoms with Crippen LogP contribution in [0.3, 0.4) is 0 Å². The average Bonchev–Trinajstić information content (AvgIpc) is 2.51. The number of anilines is 1. The standard InChI is InChI=1S/C20H23NO2/c1-4-9-21-13-18(11-16-10-14(2)5-6-15(16)3)23-20-12-17(22)7-8-19(20)21/h4-8,10,12,18,22H,1,9,11,13H2,2-3H3. The molecular formula is C20H23NO2. The summed E-state index contributed by atoms with van der Waals surface area (Å²) >= 11 is 0. The number of phenolic OH excluding ortho intramolecular Hbond substituents is 1. The number of aromatic hydroxyl groups is 1. The molecule has 0 aliphatic carbocycles. The molecule has 1 heterocycles. The molecule has 3 nitrogen and oxygen atoms in total. The third kappa shape index (κ3) is 3.34. The Balaban J connectivity index is 1.87. The van der Waals surface area contributed by atoms with Crippen LogP contribution in [0.5, 0.6) is 11.5 Å². The van der Waals surface area contributed by atoms with Crippen molar-refractivity contribution in [1.82, 2.24) is 0 Å². The van der Waals surface area contributed by atoms with E-state index in [4.69, 9.17) is 4.74 Å². The van der Waals surface area contributed by atoms with Crippen LogP contribution in [0.15, 0.2) is 49.1 Å². The SMILES string of the molecule is C=CCN1CC(Cc2cc(C)ccc2C)Oc2cc(O)ccc21. The predicted molar refractivity (Wildman–Crippen MR) is 94.6 cm³/mol. The number of hydrogen-bond acceptors (Lipinski definition) is 3. The van der Waals surface area contributed by atoms with Gasteiger partial charge in [-0.25, -0.2) is 0 Å². The topological polar surface area (TPSA) is 32.7 Å². The molecule has 0 fully saturated rings. The van der Waals surface area contributed by atoms with E-state index in [1.165, 1.54) is 16.7 Å². The van der Waals surface area contributed by atoms with Gasteiger partial charge in [0.25, 0.3) is 0 Å². The van der Waals surface area contributed by atoms with Crippen LogP contribution >= 0.6 is 0 Å². The zero-order valence-electron chi connectivity index (χ0n) is 13.7. The van der Waals surface area contributed by atoms with Crippen molar-refractivity contribution < 1.29 is 9.84 Å². The van der Waals surface area contributed by atoms with Crippen LogP contribution in [0.2, 0.25) is 0 Å². The van der Waals surface area contributed by atoms with Crippen molar-refractivity contribution in [1.29, 1.82) is 0 Å². The summed E-state index contributed by atoms with van der Waals surface area (Å²) in [5, 5.41) is 9.74. The average molecular weight is 309 g/mol. The van der Waals surface area contributed by atoms with E-state index in [1.54, 1.807) is 12.1 Å². The van der Waals surface area contributed by atoms with Gasteiger partial charge in [0.1, 0.15) is 17.6 Å². The molecule has 0 aromatic heterocycles. The molecule has 0 spiro atoms. The zero-order valence-corrected chi connectivity index (χ0v) is 13.7. The maximum absolute atomic E-state index is 9.74. The molecule has 0 saturated heterocycles. The monoisotopic (exact) mass is 309 g/mol. The minimum atomic E-state index is 0.0600. The molecular weight excluding hydrogens is 286 g/mol. The van der Waals surface area contributed by atoms with Gasteiger partial charge >= 0.3 is 0 Å². The molecule has 1 aliphatic rings. The second-order valence-corrected chi connectivity index (χ2v) is 6.22. The highest BCUT2D eigenvalue weighted by Gasteiger charge is 2.26. The van der Waals surface area contributed by atoms with E-state index in [9.17, 15) is 5.11 Å². The van der Waals surface area contributed by atoms with Gasteiger partial charge in [0, 0.05) is 19.0 Å². The fourth-order valence-corrected chi connectivity index (χ4v) is 3.12. The summed E-state index contributed by atoms with van der Waals surface area (Å²) in [6, 6.07) is 11.8. The van der Waals surface area contributed by atoms with Gasteiger partial charge < -0.3 is 14.7 Å². The first-order valence-electron chi connectivity index (χ1n) is 7.98. The van der Waals surface area contributed by atoms with E-state index in [-0.39, 0.29) is 11.9 Å². The molecule has 23 heavy (non-hydrogen) atoms. The first-order chi connectivity index (χ1) is 11.1. The highest BCUT2D eigenvalue weighted by atomic mass is 16.5. The van der Waals surface area contributed by atoms with Crippen LogP contribution in [0.1, 0.15) is 16.7 Å². The van der Waals surface area contributed by atoms with Gasteiger partial charge in [-0.05, 0) is 37.1 Å². The maximum Gasteiger partial charge on any atom is 0.146 e. The summed E-state index contributed by atoms with van der Waals surface area (Å²) < 4.78 is 6.15. The van der Waals surface area contributed by atoms with E-state index in [2.05, 4.69) is 43.5 Å². The number of phenols is 1. The van der Waals surface area contributed by atoms with Crippen LogP contribution < -0.4 is 9.64 Å². The minimum absolute atomic E-state index is 0.0600. The first-order valence-corrected chi connectivity index (χ1v) is 7.98. The third-order valence-corrected chi connectivity index (χ3v) is 4.30. The van der Waals surface area contributed by atoms with Crippen molar-refractivity contribution in [2.75, 3.05) is 18.0 Å². The van der Waals surface area contributed by atoms with Gasteiger partial charge in [-0.15, -0.1) is 6.58 Å². The quantitative estimate of drug-likeness (QED) is 0.866. The zero-order chi connectivity index (χ0) is 16.4. The van der Waals surface area contributed by atoms with Crippen LogP contribution in [0.4, 0.5) is 5.69 Å². The Kier molecular flexibility index (Phi) is 4.28. The number of ether oxygens (including phenoxy) is 1. The lowest BCUT2D eigenvalue weighted by atomic mass is 9.99. The molecule has 120 valence electrons. The molecule has 1 unspecified atom stereocenters. The largest absolute Gasteiger partial charge is 0.508 e. The predicted octanol–water partition coefficient (Wildman–Crippen LogP) is 4.01. The van der Waals surface area contributed by atoms with Crippen LogP contribution in [-0.4, -0.2) is 24.3 Å². The number of fused-ring (bicyclic) bond motifs is 1. The van der Waals surface area contributed by atoms with Gasteiger partial charge in [0.2, 0.25) is 0 Å². The van der Waals surface area contributed by atoms with Crippen LogP contribution in [0, 0.1) is 13.8 Å². The van der Waals surface area contributed by atoms with Crippen molar-refractivity contribution in [3.8, 4) is 11.5 Å². The van der Waals surface area contributed by atoms with Gasteiger partial charge in [-0.1, -0.05) is 29.8 Å². The van der Waals surface area contributed by atoms with E-state index in [0.717, 1.165) is 30.9 Å². The molecule has 2 aromatic carbocycles. The Morgan fingerprint density at radius 2 is 2.09 bits per heavy atom. The fraction of sp³-hybridized carbons (Fsp3) is 0.300. The van der Waals surface area contributed by atoms with Gasteiger partial charge in [0.05, 0.1) is 12.2 Å². The molecule has 0 amide bonds. The van der Waals surface area contributed by atoms with E-state index < -0.39 is 0 Å². The van der Waals surface area contributed by atoms with Gasteiger partial charge in [-0.2, -0.15) is 0 Å². The molecule has 2 aromatic rings. The number of nitrogens with zero attached hydrogens (tertiary/aromatic N) is 1. The molecule has 0 bridgehead atoms. The summed E-state index contributed by atoms with van der Waals surface area (Å²) in [5.74, 6) is 0.975. The van der Waals surface area contributed by atoms with E-state index >= 15 is 0 Å². The molecule has 1 aliphatic heterocycles. The Labute approximate surface area is 137 Å². The first kappa shape index (κ1) is 15.5. The molecule has 3 rings (SSSR count). The third-order valence-electron chi connectivity index (χ3n) is 4.30. The second kappa shape index (κ2) is 6.37. The fourth-order valence-electron chi connectivity index (χ4n) is 3.12. The van der Waals surface area contributed by atoms with Gasteiger partial charge in [0.15, 0.2) is 0 Å². The molecule has 1 N–H and O–H groups in total. The summed E-state index contributed by atoms with van der Waals surface area (Å²) in [7, 11) is 0. The Hall–Kier alpha value is -2.42. The summed E-state index contributed by atoms with van der Waals surface area (Å²) in [4.78, 5) is 2.25. The lowest BCUT2D eigenvalue weighted by molar-refractivity contribution is 0.194. The van der Waals surface area contributed by atoms with Crippen molar-refractivity contribution >= 4 is 5.69 Å². The summed E-state index contributed by atoms with van der Waals surface area (Å²) in [5.41, 5.74) is 4.88. The summed E-state index contributed by atoms with van der Waals surface area (Å²) in [6.07, 6.45) is 2.82. The van der Waals surface area contributed by atoms with Crippen molar-refractivity contribution in [3.63, 3.8) is 0 Å². The van der Waals surface area contributed by atoms with E-state index in [1.807, 2.05) is 12.1 Å². The lowest BCUT2D eigenvalue weighted by Crippen LogP contribution is -2.41. The maximum atomic E-state index is 9.74. The highest BCUT2D eigenvalue weighted by Crippen LogP contribution is 2.36. The smallest absolute Gasteiger partial charge is 0.146 e. The Bertz CT molecular complexity index is 724. The van der Waals surface area contributed by atoms with E-state index in [0.29, 0.717) is 0 Å². The van der Waals surface area contributed by atoms with Crippen LogP contribution in [-0.2, 0) is 6.42 Å². The highest BCUT2D eigenvalue weighted by molar-refractivity contribution is 5.62. The summed E-state index contributed by atoms with van der Waals surface area (Å²) in [6.45, 7) is 9.68. The number of rotatable bonds is 4. The lowest BCUT2D eigenvalue weighted by Gasteiger charge is -2.36. The minimum Gasteiger partial charge on any atom is -0.508 e. The second-order valence-electron chi connectivity index (χ2n) is 6.22. The molecule has 0 saturated carbocycles. The van der Waals surface area contributed by atoms with Crippen LogP contribution in [0.25, 0.3) is 0 Å². The molecule has 3 heteroatoms. The van der Waals surface area contributed by atoms with Crippen molar-refractivity contribution in [2.45, 2.75) is 26.4 Å². The van der Waals surface area contributed by atoms with Crippen molar-refractivity contribution in [3.05, 3.63) is 65.7 Å². The Morgan fingerprint density at radius 3 is 2.87 bits per heavy atom. The number of aryl methyl sites for hydroxylation is 2.